The fourth-order valence-corrected chi connectivity index (χ4v) is 4.83. The number of sulfone groups is 1. The Morgan fingerprint density at radius 1 is 0.931 bits per heavy atom. The van der Waals surface area contributed by atoms with E-state index < -0.39 is 9.84 Å². The van der Waals surface area contributed by atoms with Gasteiger partial charge in [0, 0.05) is 39.1 Å². The third-order valence-electron chi connectivity index (χ3n) is 5.26. The SMILES string of the molecule is O=C(CCS(=O)(=O)c1ccccc1)N1CCN(Cc2ccc3c(c2)OCO3)CC1. The fraction of sp³-hybridized carbons (Fsp3) is 0.381. The van der Waals surface area contributed by atoms with Crippen molar-refractivity contribution in [2.24, 2.45) is 0 Å². The number of benzene rings is 2. The molecule has 154 valence electrons. The summed E-state index contributed by atoms with van der Waals surface area (Å²) in [4.78, 5) is 16.8. The van der Waals surface area contributed by atoms with Gasteiger partial charge in [0.1, 0.15) is 0 Å². The molecular formula is C21H24N2O5S. The second kappa shape index (κ2) is 8.42. The van der Waals surface area contributed by atoms with Gasteiger partial charge < -0.3 is 14.4 Å². The normalized spacial score (nSPS) is 16.8. The van der Waals surface area contributed by atoms with E-state index in [4.69, 9.17) is 9.47 Å². The molecule has 0 bridgehead atoms. The predicted molar refractivity (Wildman–Crippen MR) is 108 cm³/mol. The van der Waals surface area contributed by atoms with E-state index in [2.05, 4.69) is 4.90 Å². The van der Waals surface area contributed by atoms with Gasteiger partial charge in [-0.15, -0.1) is 0 Å². The van der Waals surface area contributed by atoms with Crippen molar-refractivity contribution >= 4 is 15.7 Å². The molecule has 2 aromatic carbocycles. The lowest BCUT2D eigenvalue weighted by molar-refractivity contribution is -0.132. The lowest BCUT2D eigenvalue weighted by Crippen LogP contribution is -2.48. The van der Waals surface area contributed by atoms with E-state index in [0.29, 0.717) is 13.1 Å². The van der Waals surface area contributed by atoms with Crippen LogP contribution in [0.4, 0.5) is 0 Å². The molecule has 8 heteroatoms. The Bertz CT molecular complexity index is 970. The molecule has 1 fully saturated rings. The zero-order valence-electron chi connectivity index (χ0n) is 16.1. The summed E-state index contributed by atoms with van der Waals surface area (Å²) in [6.07, 6.45) is 0.0133. The quantitative estimate of drug-likeness (QED) is 0.716. The Kier molecular flexibility index (Phi) is 5.73. The number of amides is 1. The lowest BCUT2D eigenvalue weighted by atomic mass is 10.1. The van der Waals surface area contributed by atoms with E-state index in [1.54, 1.807) is 35.2 Å². The Morgan fingerprint density at radius 2 is 1.66 bits per heavy atom. The molecule has 0 unspecified atom stereocenters. The molecule has 1 saturated heterocycles. The van der Waals surface area contributed by atoms with E-state index in [-0.39, 0.29) is 29.8 Å². The van der Waals surface area contributed by atoms with Crippen LogP contribution in [0.3, 0.4) is 0 Å². The molecule has 0 spiro atoms. The average molecular weight is 416 g/mol. The summed E-state index contributed by atoms with van der Waals surface area (Å²) in [6.45, 7) is 3.77. The number of hydrogen-bond donors (Lipinski definition) is 0. The van der Waals surface area contributed by atoms with Gasteiger partial charge in [-0.25, -0.2) is 8.42 Å². The van der Waals surface area contributed by atoms with Gasteiger partial charge in [0.25, 0.3) is 0 Å². The van der Waals surface area contributed by atoms with Crippen molar-refractivity contribution in [1.82, 2.24) is 9.80 Å². The smallest absolute Gasteiger partial charge is 0.231 e. The van der Waals surface area contributed by atoms with Gasteiger partial charge in [-0.1, -0.05) is 24.3 Å². The monoisotopic (exact) mass is 416 g/mol. The van der Waals surface area contributed by atoms with Crippen LogP contribution in [0, 0.1) is 0 Å². The van der Waals surface area contributed by atoms with Crippen molar-refractivity contribution in [2.45, 2.75) is 17.9 Å². The van der Waals surface area contributed by atoms with E-state index in [9.17, 15) is 13.2 Å². The van der Waals surface area contributed by atoms with Crippen molar-refractivity contribution in [3.63, 3.8) is 0 Å². The van der Waals surface area contributed by atoms with Crippen LogP contribution in [0.25, 0.3) is 0 Å². The molecule has 1 amide bonds. The summed E-state index contributed by atoms with van der Waals surface area (Å²) in [7, 11) is -3.43. The number of carbonyl (C=O) groups is 1. The second-order valence-electron chi connectivity index (χ2n) is 7.23. The molecule has 0 N–H and O–H groups in total. The van der Waals surface area contributed by atoms with Gasteiger partial charge in [0.05, 0.1) is 10.6 Å². The zero-order chi connectivity index (χ0) is 20.3. The van der Waals surface area contributed by atoms with E-state index in [0.717, 1.165) is 36.7 Å². The minimum Gasteiger partial charge on any atom is -0.454 e. The maximum absolute atomic E-state index is 12.5. The fourth-order valence-electron chi connectivity index (χ4n) is 3.58. The van der Waals surface area contributed by atoms with Crippen LogP contribution in [0.15, 0.2) is 53.4 Å². The third kappa shape index (κ3) is 4.71. The summed E-state index contributed by atoms with van der Waals surface area (Å²) in [5.41, 5.74) is 1.14. The topological polar surface area (TPSA) is 76.2 Å². The Hall–Kier alpha value is -2.58. The third-order valence-corrected chi connectivity index (χ3v) is 6.99. The molecule has 0 saturated carbocycles. The van der Waals surface area contributed by atoms with Crippen LogP contribution in [-0.4, -0.2) is 62.8 Å². The maximum atomic E-state index is 12.5. The molecule has 0 atom stereocenters. The summed E-state index contributed by atoms with van der Waals surface area (Å²) in [5.74, 6) is 1.28. The predicted octanol–water partition coefficient (Wildman–Crippen LogP) is 1.92. The summed E-state index contributed by atoms with van der Waals surface area (Å²) < 4.78 is 35.5. The van der Waals surface area contributed by atoms with Crippen LogP contribution in [0.1, 0.15) is 12.0 Å². The number of hydrogen-bond acceptors (Lipinski definition) is 6. The van der Waals surface area contributed by atoms with Gasteiger partial charge in [-0.3, -0.25) is 9.69 Å². The molecule has 29 heavy (non-hydrogen) atoms. The van der Waals surface area contributed by atoms with Crippen LogP contribution < -0.4 is 9.47 Å². The highest BCUT2D eigenvalue weighted by molar-refractivity contribution is 7.91. The zero-order valence-corrected chi connectivity index (χ0v) is 16.9. The number of fused-ring (bicyclic) bond motifs is 1. The van der Waals surface area contributed by atoms with E-state index in [1.807, 2.05) is 18.2 Å². The Morgan fingerprint density at radius 3 is 2.41 bits per heavy atom. The maximum Gasteiger partial charge on any atom is 0.231 e. The minimum absolute atomic E-state index is 0.0133. The highest BCUT2D eigenvalue weighted by atomic mass is 32.2. The number of piperazine rings is 1. The molecular weight excluding hydrogens is 392 g/mol. The summed E-state index contributed by atoms with van der Waals surface area (Å²) in [6, 6.07) is 14.2. The minimum atomic E-state index is -3.43. The van der Waals surface area contributed by atoms with Crippen molar-refractivity contribution in [3.05, 3.63) is 54.1 Å². The van der Waals surface area contributed by atoms with Crippen LogP contribution in [0.5, 0.6) is 11.5 Å². The molecule has 2 aromatic rings. The molecule has 0 aliphatic carbocycles. The molecule has 2 aliphatic heterocycles. The van der Waals surface area contributed by atoms with Crippen LogP contribution >= 0.6 is 0 Å². The molecule has 2 heterocycles. The number of nitrogens with zero attached hydrogens (tertiary/aromatic N) is 2. The highest BCUT2D eigenvalue weighted by Gasteiger charge is 2.24. The second-order valence-corrected chi connectivity index (χ2v) is 9.34. The first-order valence-electron chi connectivity index (χ1n) is 9.68. The van der Waals surface area contributed by atoms with Gasteiger partial charge in [-0.05, 0) is 29.8 Å². The summed E-state index contributed by atoms with van der Waals surface area (Å²) in [5, 5.41) is 0. The highest BCUT2D eigenvalue weighted by Crippen LogP contribution is 2.32. The molecule has 7 nitrogen and oxygen atoms in total. The number of carbonyl (C=O) groups excluding carboxylic acids is 1. The first-order chi connectivity index (χ1) is 14.0. The van der Waals surface area contributed by atoms with Crippen molar-refractivity contribution in [2.75, 3.05) is 38.7 Å². The largest absolute Gasteiger partial charge is 0.454 e. The first kappa shape index (κ1) is 19.7. The van der Waals surface area contributed by atoms with Crippen LogP contribution in [-0.2, 0) is 21.2 Å². The number of rotatable bonds is 6. The van der Waals surface area contributed by atoms with E-state index in [1.165, 1.54) is 0 Å². The standard InChI is InChI=1S/C21H24N2O5S/c24-21(8-13-29(25,26)18-4-2-1-3-5-18)23-11-9-22(10-12-23)15-17-6-7-19-20(14-17)28-16-27-19/h1-7,14H,8-13,15-16H2. The average Bonchev–Trinajstić information content (AvgIpc) is 3.21. The van der Waals surface area contributed by atoms with Crippen molar-refractivity contribution < 1.29 is 22.7 Å². The van der Waals surface area contributed by atoms with Gasteiger partial charge in [0.15, 0.2) is 21.3 Å². The number of ether oxygens (including phenoxy) is 2. The van der Waals surface area contributed by atoms with E-state index >= 15 is 0 Å². The van der Waals surface area contributed by atoms with Crippen molar-refractivity contribution in [3.8, 4) is 11.5 Å². The first-order valence-corrected chi connectivity index (χ1v) is 11.3. The molecule has 0 radical (unpaired) electrons. The van der Waals surface area contributed by atoms with Gasteiger partial charge >= 0.3 is 0 Å². The molecule has 4 rings (SSSR count). The molecule has 0 aromatic heterocycles. The Labute approximate surface area is 170 Å². The Balaban J connectivity index is 1.25. The van der Waals surface area contributed by atoms with Crippen molar-refractivity contribution in [1.29, 1.82) is 0 Å². The summed E-state index contributed by atoms with van der Waals surface area (Å²) >= 11 is 0. The lowest BCUT2D eigenvalue weighted by Gasteiger charge is -2.34. The molecule has 2 aliphatic rings. The van der Waals surface area contributed by atoms with Crippen LogP contribution in [0.2, 0.25) is 0 Å². The van der Waals surface area contributed by atoms with Gasteiger partial charge in [0.2, 0.25) is 12.7 Å². The van der Waals surface area contributed by atoms with Gasteiger partial charge in [-0.2, -0.15) is 0 Å².